The molecule has 3 nitrogen and oxygen atoms in total. The zero-order valence-corrected chi connectivity index (χ0v) is 11.7. The van der Waals surface area contributed by atoms with Crippen LogP contribution in [0.15, 0.2) is 28.7 Å². The quantitative estimate of drug-likeness (QED) is 0.886. The number of ether oxygens (including phenoxy) is 1. The maximum absolute atomic E-state index is 11.3. The SMILES string of the molecule is COC(=O)C(N)Cc1sc2ccccc2c1Br. The lowest BCUT2D eigenvalue weighted by molar-refractivity contribution is -0.142. The van der Waals surface area contributed by atoms with Crippen LogP contribution in [0.25, 0.3) is 10.1 Å². The standard InChI is InChI=1S/C12H12BrNO2S/c1-16-12(15)8(14)6-10-11(13)7-4-2-3-5-9(7)17-10/h2-5,8H,6,14H2,1H3. The van der Waals surface area contributed by atoms with Crippen LogP contribution in [-0.4, -0.2) is 19.1 Å². The van der Waals surface area contributed by atoms with Gasteiger partial charge in [-0.1, -0.05) is 18.2 Å². The van der Waals surface area contributed by atoms with Gasteiger partial charge in [0.15, 0.2) is 0 Å². The van der Waals surface area contributed by atoms with Crippen molar-refractivity contribution in [3.8, 4) is 0 Å². The van der Waals surface area contributed by atoms with Crippen molar-refractivity contribution >= 4 is 43.3 Å². The molecule has 0 aliphatic heterocycles. The molecule has 0 amide bonds. The van der Waals surface area contributed by atoms with Crippen molar-refractivity contribution in [1.29, 1.82) is 0 Å². The first-order chi connectivity index (χ1) is 8.13. The number of methoxy groups -OCH3 is 1. The molecule has 17 heavy (non-hydrogen) atoms. The van der Waals surface area contributed by atoms with Gasteiger partial charge in [0.2, 0.25) is 0 Å². The minimum absolute atomic E-state index is 0.380. The maximum Gasteiger partial charge on any atom is 0.323 e. The normalized spacial score (nSPS) is 12.6. The summed E-state index contributed by atoms with van der Waals surface area (Å²) >= 11 is 5.20. The van der Waals surface area contributed by atoms with E-state index in [0.29, 0.717) is 6.42 Å². The molecule has 0 aliphatic rings. The van der Waals surface area contributed by atoms with E-state index in [4.69, 9.17) is 5.73 Å². The average molecular weight is 314 g/mol. The molecule has 1 aromatic carbocycles. The van der Waals surface area contributed by atoms with Crippen LogP contribution < -0.4 is 5.73 Å². The molecule has 2 rings (SSSR count). The zero-order valence-electron chi connectivity index (χ0n) is 9.27. The molecule has 0 fully saturated rings. The summed E-state index contributed by atoms with van der Waals surface area (Å²) in [6.07, 6.45) is 0.493. The van der Waals surface area contributed by atoms with Crippen LogP contribution in [0.5, 0.6) is 0 Å². The van der Waals surface area contributed by atoms with Crippen LogP contribution in [-0.2, 0) is 16.0 Å². The summed E-state index contributed by atoms with van der Waals surface area (Å²) in [5.74, 6) is -0.380. The summed E-state index contributed by atoms with van der Waals surface area (Å²) in [7, 11) is 1.35. The smallest absolute Gasteiger partial charge is 0.323 e. The first-order valence-corrected chi connectivity index (χ1v) is 6.73. The van der Waals surface area contributed by atoms with Crippen molar-refractivity contribution in [1.82, 2.24) is 0 Å². The Bertz CT molecular complexity index is 552. The van der Waals surface area contributed by atoms with Gasteiger partial charge >= 0.3 is 5.97 Å². The molecular formula is C12H12BrNO2S. The number of halogens is 1. The number of thiophene rings is 1. The summed E-state index contributed by atoms with van der Waals surface area (Å²) in [6.45, 7) is 0. The summed E-state index contributed by atoms with van der Waals surface area (Å²) in [5, 5.41) is 1.16. The van der Waals surface area contributed by atoms with Crippen molar-refractivity contribution in [2.45, 2.75) is 12.5 Å². The van der Waals surface area contributed by atoms with Crippen LogP contribution in [0, 0.1) is 0 Å². The minimum Gasteiger partial charge on any atom is -0.468 e. The van der Waals surface area contributed by atoms with Crippen LogP contribution in [0.1, 0.15) is 4.88 Å². The largest absolute Gasteiger partial charge is 0.468 e. The molecule has 90 valence electrons. The second-order valence-corrected chi connectivity index (χ2v) is 5.60. The van der Waals surface area contributed by atoms with Crippen molar-refractivity contribution in [3.05, 3.63) is 33.6 Å². The highest BCUT2D eigenvalue weighted by atomic mass is 79.9. The summed E-state index contributed by atoms with van der Waals surface area (Å²) in [6, 6.07) is 7.48. The third-order valence-corrected chi connectivity index (χ3v) is 4.87. The molecule has 0 saturated heterocycles. The molecule has 0 spiro atoms. The van der Waals surface area contributed by atoms with Gasteiger partial charge in [-0.2, -0.15) is 0 Å². The Morgan fingerprint density at radius 3 is 2.88 bits per heavy atom. The van der Waals surface area contributed by atoms with Crippen molar-refractivity contribution in [2.24, 2.45) is 5.73 Å². The molecule has 2 N–H and O–H groups in total. The fraction of sp³-hybridized carbons (Fsp3) is 0.250. The highest BCUT2D eigenvalue weighted by molar-refractivity contribution is 9.10. The molecule has 1 atom stereocenters. The van der Waals surface area contributed by atoms with Crippen molar-refractivity contribution in [3.63, 3.8) is 0 Å². The third-order valence-electron chi connectivity index (χ3n) is 2.51. The predicted molar refractivity (Wildman–Crippen MR) is 73.2 cm³/mol. The Labute approximate surface area is 112 Å². The number of fused-ring (bicyclic) bond motifs is 1. The molecule has 0 saturated carbocycles. The molecule has 2 aromatic rings. The van der Waals surface area contributed by atoms with E-state index in [1.165, 1.54) is 11.8 Å². The molecule has 0 radical (unpaired) electrons. The molecule has 1 aromatic heterocycles. The fourth-order valence-electron chi connectivity index (χ4n) is 1.63. The van der Waals surface area contributed by atoms with Gasteiger partial charge in [0.25, 0.3) is 0 Å². The summed E-state index contributed by atoms with van der Waals surface area (Å²) in [5.41, 5.74) is 5.76. The highest BCUT2D eigenvalue weighted by Crippen LogP contribution is 2.35. The van der Waals surface area contributed by atoms with Gasteiger partial charge in [-0.25, -0.2) is 0 Å². The number of nitrogens with two attached hydrogens (primary N) is 1. The molecule has 1 heterocycles. The predicted octanol–water partition coefficient (Wildman–Crippen LogP) is 2.71. The van der Waals surface area contributed by atoms with Crippen molar-refractivity contribution < 1.29 is 9.53 Å². The Hall–Kier alpha value is -0.910. The Morgan fingerprint density at radius 2 is 2.24 bits per heavy atom. The van der Waals surface area contributed by atoms with E-state index in [1.807, 2.05) is 18.2 Å². The van der Waals surface area contributed by atoms with E-state index >= 15 is 0 Å². The Morgan fingerprint density at radius 1 is 1.53 bits per heavy atom. The first kappa shape index (κ1) is 12.5. The lowest BCUT2D eigenvalue weighted by Crippen LogP contribution is -2.33. The van der Waals surface area contributed by atoms with E-state index in [-0.39, 0.29) is 5.97 Å². The number of esters is 1. The number of carbonyl (C=O) groups excluding carboxylic acids is 1. The molecular weight excluding hydrogens is 302 g/mol. The van der Waals surface area contributed by atoms with Gasteiger partial charge in [-0.15, -0.1) is 11.3 Å². The van der Waals surface area contributed by atoms with Crippen LogP contribution >= 0.6 is 27.3 Å². The van der Waals surface area contributed by atoms with Crippen LogP contribution in [0.3, 0.4) is 0 Å². The monoisotopic (exact) mass is 313 g/mol. The van der Waals surface area contributed by atoms with Gasteiger partial charge in [0.1, 0.15) is 6.04 Å². The van der Waals surface area contributed by atoms with E-state index in [0.717, 1.165) is 14.7 Å². The second kappa shape index (κ2) is 5.16. The Kier molecular flexibility index (Phi) is 3.81. The maximum atomic E-state index is 11.3. The van der Waals surface area contributed by atoms with Gasteiger partial charge in [0.05, 0.1) is 7.11 Å². The van der Waals surface area contributed by atoms with Gasteiger partial charge in [0, 0.05) is 25.9 Å². The van der Waals surface area contributed by atoms with Crippen molar-refractivity contribution in [2.75, 3.05) is 7.11 Å². The lowest BCUT2D eigenvalue weighted by Gasteiger charge is -2.07. The van der Waals surface area contributed by atoms with Gasteiger partial charge < -0.3 is 10.5 Å². The number of carbonyl (C=O) groups is 1. The first-order valence-electron chi connectivity index (χ1n) is 5.12. The second-order valence-electron chi connectivity index (χ2n) is 3.67. The van der Waals surface area contributed by atoms with E-state index in [9.17, 15) is 4.79 Å². The fourth-order valence-corrected chi connectivity index (χ4v) is 3.67. The molecule has 0 bridgehead atoms. The van der Waals surface area contributed by atoms with Crippen LogP contribution in [0.2, 0.25) is 0 Å². The molecule has 5 heteroatoms. The average Bonchev–Trinajstić information content (AvgIpc) is 2.66. The van der Waals surface area contributed by atoms with Gasteiger partial charge in [-0.3, -0.25) is 4.79 Å². The van der Waals surface area contributed by atoms with E-state index in [1.54, 1.807) is 11.3 Å². The molecule has 0 aliphatic carbocycles. The number of rotatable bonds is 3. The summed E-state index contributed by atoms with van der Waals surface area (Å²) < 4.78 is 6.84. The minimum atomic E-state index is -0.607. The summed E-state index contributed by atoms with van der Waals surface area (Å²) in [4.78, 5) is 12.4. The lowest BCUT2D eigenvalue weighted by atomic mass is 10.2. The van der Waals surface area contributed by atoms with E-state index < -0.39 is 6.04 Å². The number of benzene rings is 1. The zero-order chi connectivity index (χ0) is 12.4. The highest BCUT2D eigenvalue weighted by Gasteiger charge is 2.18. The van der Waals surface area contributed by atoms with Gasteiger partial charge in [-0.05, 0) is 22.0 Å². The third kappa shape index (κ3) is 2.51. The molecule has 1 unspecified atom stereocenters. The topological polar surface area (TPSA) is 52.3 Å². The van der Waals surface area contributed by atoms with Crippen LogP contribution in [0.4, 0.5) is 0 Å². The van der Waals surface area contributed by atoms with E-state index in [2.05, 4.69) is 26.7 Å². The number of hydrogen-bond acceptors (Lipinski definition) is 4. The Balaban J connectivity index is 2.30. The number of hydrogen-bond donors (Lipinski definition) is 1.